The smallest absolute Gasteiger partial charge is 0.197 e. The van der Waals surface area contributed by atoms with Crippen molar-refractivity contribution in [2.75, 3.05) is 5.75 Å². The van der Waals surface area contributed by atoms with E-state index in [-0.39, 0.29) is 0 Å². The molecule has 0 bridgehead atoms. The Bertz CT molecular complexity index is 1170. The van der Waals surface area contributed by atoms with E-state index in [0.717, 1.165) is 38.7 Å². The van der Waals surface area contributed by atoms with Crippen LogP contribution in [0.25, 0.3) is 15.9 Å². The highest BCUT2D eigenvalue weighted by Crippen LogP contribution is 2.40. The predicted octanol–water partition coefficient (Wildman–Crippen LogP) is 7.18. The molecular formula is C24H28N4S3. The zero-order chi connectivity index (χ0) is 21.0. The Hall–Kier alpha value is -1.57. The third-order valence-corrected chi connectivity index (χ3v) is 9.05. The van der Waals surface area contributed by atoms with Crippen molar-refractivity contribution in [3.63, 3.8) is 0 Å². The molecule has 0 spiro atoms. The standard InChI is InChI=1S/C24H28N4S3/c1-2-3-4-10-15-29-24-27-26-21-20-18-13-8-9-14-19(18)31-22(20)25-23(28(21)24)30-16-17-11-6-5-7-12-17/h5-7,11-12H,2-4,8-10,13-16H2,1H3. The van der Waals surface area contributed by atoms with E-state index in [9.17, 15) is 0 Å². The molecule has 1 aromatic carbocycles. The molecule has 0 amide bonds. The number of benzene rings is 1. The summed E-state index contributed by atoms with van der Waals surface area (Å²) >= 11 is 5.50. The Morgan fingerprint density at radius 2 is 1.84 bits per heavy atom. The van der Waals surface area contributed by atoms with Crippen LogP contribution in [-0.4, -0.2) is 25.3 Å². The molecule has 0 atom stereocenters. The van der Waals surface area contributed by atoms with Gasteiger partial charge in [0.1, 0.15) is 4.83 Å². The van der Waals surface area contributed by atoms with Crippen molar-refractivity contribution in [3.8, 4) is 0 Å². The maximum Gasteiger partial charge on any atom is 0.197 e. The largest absolute Gasteiger partial charge is 0.247 e. The van der Waals surface area contributed by atoms with Crippen LogP contribution in [0.2, 0.25) is 0 Å². The van der Waals surface area contributed by atoms with E-state index in [4.69, 9.17) is 10.1 Å². The summed E-state index contributed by atoms with van der Waals surface area (Å²) < 4.78 is 2.24. The Labute approximate surface area is 196 Å². The van der Waals surface area contributed by atoms with Gasteiger partial charge < -0.3 is 0 Å². The van der Waals surface area contributed by atoms with Gasteiger partial charge in [-0.2, -0.15) is 0 Å². The zero-order valence-corrected chi connectivity index (χ0v) is 20.4. The van der Waals surface area contributed by atoms with Crippen LogP contribution in [0.15, 0.2) is 40.6 Å². The summed E-state index contributed by atoms with van der Waals surface area (Å²) in [5.74, 6) is 1.99. The summed E-state index contributed by atoms with van der Waals surface area (Å²) in [6.45, 7) is 2.26. The van der Waals surface area contributed by atoms with Crippen molar-refractivity contribution in [1.29, 1.82) is 0 Å². The average Bonchev–Trinajstić information content (AvgIpc) is 3.39. The van der Waals surface area contributed by atoms with Gasteiger partial charge in [0, 0.05) is 16.4 Å². The SMILES string of the molecule is CCCCCCSc1nnc2c3c4c(sc3nc(SCc3ccccc3)n12)CCCC4. The van der Waals surface area contributed by atoms with Crippen LogP contribution in [0, 0.1) is 0 Å². The quantitative estimate of drug-likeness (QED) is 0.148. The second-order valence-electron chi connectivity index (χ2n) is 8.11. The second kappa shape index (κ2) is 9.92. The van der Waals surface area contributed by atoms with Gasteiger partial charge in [-0.3, -0.25) is 0 Å². The minimum atomic E-state index is 0.901. The highest BCUT2D eigenvalue weighted by molar-refractivity contribution is 7.99. The number of aromatic nitrogens is 4. The maximum absolute atomic E-state index is 5.17. The van der Waals surface area contributed by atoms with E-state index in [2.05, 4.69) is 46.8 Å². The van der Waals surface area contributed by atoms with Gasteiger partial charge in [0.25, 0.3) is 0 Å². The first kappa shape index (κ1) is 21.3. The third kappa shape index (κ3) is 4.50. The van der Waals surface area contributed by atoms with Crippen LogP contribution in [0.1, 0.15) is 61.5 Å². The van der Waals surface area contributed by atoms with Gasteiger partial charge in [-0.15, -0.1) is 21.5 Å². The number of thioether (sulfide) groups is 2. The number of unbranched alkanes of at least 4 members (excludes halogenated alkanes) is 3. The number of hydrogen-bond donors (Lipinski definition) is 0. The average molecular weight is 469 g/mol. The van der Waals surface area contributed by atoms with E-state index in [1.807, 2.05) is 23.1 Å². The zero-order valence-electron chi connectivity index (χ0n) is 18.0. The molecule has 3 aromatic heterocycles. The van der Waals surface area contributed by atoms with Crippen LogP contribution in [-0.2, 0) is 18.6 Å². The van der Waals surface area contributed by atoms with Crippen molar-refractivity contribution in [1.82, 2.24) is 19.6 Å². The maximum atomic E-state index is 5.17. The topological polar surface area (TPSA) is 43.1 Å². The van der Waals surface area contributed by atoms with Gasteiger partial charge in [-0.05, 0) is 43.2 Å². The molecular weight excluding hydrogens is 440 g/mol. The molecule has 1 aliphatic carbocycles. The fourth-order valence-electron chi connectivity index (χ4n) is 4.21. The van der Waals surface area contributed by atoms with E-state index < -0.39 is 0 Å². The highest BCUT2D eigenvalue weighted by atomic mass is 32.2. The Morgan fingerprint density at radius 1 is 0.968 bits per heavy atom. The Morgan fingerprint density at radius 3 is 2.71 bits per heavy atom. The van der Waals surface area contributed by atoms with Crippen LogP contribution >= 0.6 is 34.9 Å². The fourth-order valence-corrected chi connectivity index (χ4v) is 7.46. The van der Waals surface area contributed by atoms with Gasteiger partial charge in [0.2, 0.25) is 0 Å². The molecule has 5 rings (SSSR count). The number of thiophene rings is 1. The molecule has 3 heterocycles. The van der Waals surface area contributed by atoms with Gasteiger partial charge >= 0.3 is 0 Å². The van der Waals surface area contributed by atoms with E-state index in [0.29, 0.717) is 0 Å². The molecule has 0 unspecified atom stereocenters. The van der Waals surface area contributed by atoms with Crippen molar-refractivity contribution in [2.24, 2.45) is 0 Å². The summed E-state index contributed by atoms with van der Waals surface area (Å²) in [6.07, 6.45) is 9.98. The highest BCUT2D eigenvalue weighted by Gasteiger charge is 2.23. The molecule has 0 aliphatic heterocycles. The van der Waals surface area contributed by atoms with Gasteiger partial charge in [-0.1, -0.05) is 80.0 Å². The van der Waals surface area contributed by atoms with Crippen LogP contribution in [0.3, 0.4) is 0 Å². The monoisotopic (exact) mass is 468 g/mol. The van der Waals surface area contributed by atoms with Crippen molar-refractivity contribution in [3.05, 3.63) is 46.3 Å². The lowest BCUT2D eigenvalue weighted by molar-refractivity contribution is 0.700. The number of aryl methyl sites for hydroxylation is 2. The summed E-state index contributed by atoms with van der Waals surface area (Å²) in [4.78, 5) is 7.82. The lowest BCUT2D eigenvalue weighted by atomic mass is 9.97. The molecule has 0 saturated heterocycles. The van der Waals surface area contributed by atoms with E-state index in [1.165, 1.54) is 66.3 Å². The molecule has 0 radical (unpaired) electrons. The number of fused-ring (bicyclic) bond motifs is 5. The number of nitrogens with zero attached hydrogens (tertiary/aromatic N) is 4. The summed E-state index contributed by atoms with van der Waals surface area (Å²) in [5, 5.41) is 12.6. The summed E-state index contributed by atoms with van der Waals surface area (Å²) in [5.41, 5.74) is 3.81. The minimum absolute atomic E-state index is 0.901. The molecule has 0 fully saturated rings. The molecule has 0 saturated carbocycles. The molecule has 4 aromatic rings. The molecule has 31 heavy (non-hydrogen) atoms. The van der Waals surface area contributed by atoms with Gasteiger partial charge in [-0.25, -0.2) is 9.38 Å². The normalized spacial score (nSPS) is 13.8. The van der Waals surface area contributed by atoms with E-state index >= 15 is 0 Å². The lowest BCUT2D eigenvalue weighted by Gasteiger charge is -2.11. The van der Waals surface area contributed by atoms with Crippen molar-refractivity contribution >= 4 is 50.7 Å². The first-order valence-electron chi connectivity index (χ1n) is 11.3. The van der Waals surface area contributed by atoms with Crippen molar-refractivity contribution in [2.45, 2.75) is 74.4 Å². The van der Waals surface area contributed by atoms with E-state index in [1.54, 1.807) is 11.8 Å². The summed E-state index contributed by atoms with van der Waals surface area (Å²) in [7, 11) is 0. The Balaban J connectivity index is 1.52. The Kier molecular flexibility index (Phi) is 6.81. The first-order chi connectivity index (χ1) is 15.3. The molecule has 0 N–H and O–H groups in total. The number of hydrogen-bond acceptors (Lipinski definition) is 6. The predicted molar refractivity (Wildman–Crippen MR) is 134 cm³/mol. The van der Waals surface area contributed by atoms with Crippen molar-refractivity contribution < 1.29 is 0 Å². The van der Waals surface area contributed by atoms with Gasteiger partial charge in [0.05, 0.1) is 5.39 Å². The molecule has 1 aliphatic rings. The summed E-state index contributed by atoms with van der Waals surface area (Å²) in [6, 6.07) is 10.6. The fraction of sp³-hybridized carbons (Fsp3) is 0.458. The lowest BCUT2D eigenvalue weighted by Crippen LogP contribution is -2.01. The number of rotatable bonds is 9. The van der Waals surface area contributed by atoms with Crippen LogP contribution in [0.4, 0.5) is 0 Å². The third-order valence-electron chi connectivity index (χ3n) is 5.84. The van der Waals surface area contributed by atoms with Crippen LogP contribution < -0.4 is 0 Å². The molecule has 162 valence electrons. The van der Waals surface area contributed by atoms with Gasteiger partial charge in [0.15, 0.2) is 16.0 Å². The molecule has 7 heteroatoms. The minimum Gasteiger partial charge on any atom is -0.247 e. The second-order valence-corrected chi connectivity index (χ2v) is 11.2. The molecule has 4 nitrogen and oxygen atoms in total. The van der Waals surface area contributed by atoms with Crippen LogP contribution in [0.5, 0.6) is 0 Å². The first-order valence-corrected chi connectivity index (χ1v) is 14.1.